The number of nitrogens with zero attached hydrogens (tertiary/aromatic N) is 1. The number of hydrogen-bond acceptors (Lipinski definition) is 3. The number of hydrogen-bond donors (Lipinski definition) is 1. The predicted octanol–water partition coefficient (Wildman–Crippen LogP) is 2.88. The molecule has 0 aliphatic carbocycles. The SMILES string of the molecule is O=C1C(O)c2ccccc2N1Cc1ccc(C(F)(F)F)o1. The van der Waals surface area contributed by atoms with E-state index in [9.17, 15) is 23.1 Å². The van der Waals surface area contributed by atoms with Gasteiger partial charge in [-0.25, -0.2) is 0 Å². The molecule has 1 unspecified atom stereocenters. The van der Waals surface area contributed by atoms with Crippen LogP contribution < -0.4 is 4.90 Å². The van der Waals surface area contributed by atoms with E-state index in [0.29, 0.717) is 11.3 Å². The number of benzene rings is 1. The Balaban J connectivity index is 1.89. The molecule has 0 fully saturated rings. The van der Waals surface area contributed by atoms with Gasteiger partial charge in [0.05, 0.1) is 12.2 Å². The average Bonchev–Trinajstić information content (AvgIpc) is 2.99. The second-order valence-electron chi connectivity index (χ2n) is 4.65. The maximum absolute atomic E-state index is 12.5. The van der Waals surface area contributed by atoms with E-state index in [4.69, 9.17) is 4.42 Å². The minimum Gasteiger partial charge on any atom is -0.455 e. The Morgan fingerprint density at radius 2 is 1.90 bits per heavy atom. The number of alkyl halides is 3. The molecule has 0 saturated carbocycles. The molecule has 2 heterocycles. The van der Waals surface area contributed by atoms with Crippen molar-refractivity contribution in [3.8, 4) is 0 Å². The fourth-order valence-corrected chi connectivity index (χ4v) is 2.30. The van der Waals surface area contributed by atoms with E-state index >= 15 is 0 Å². The molecule has 1 N–H and O–H groups in total. The van der Waals surface area contributed by atoms with Crippen LogP contribution in [0.3, 0.4) is 0 Å². The molecule has 3 rings (SSSR count). The lowest BCUT2D eigenvalue weighted by molar-refractivity contribution is -0.153. The van der Waals surface area contributed by atoms with Gasteiger partial charge < -0.3 is 14.4 Å². The third kappa shape index (κ3) is 2.29. The molecule has 2 aromatic rings. The molecular formula is C14H10F3NO3. The van der Waals surface area contributed by atoms with Crippen LogP contribution in [0.4, 0.5) is 18.9 Å². The Morgan fingerprint density at radius 3 is 2.57 bits per heavy atom. The quantitative estimate of drug-likeness (QED) is 0.927. The molecule has 0 spiro atoms. The normalized spacial score (nSPS) is 18.2. The summed E-state index contributed by atoms with van der Waals surface area (Å²) in [7, 11) is 0. The van der Waals surface area contributed by atoms with Gasteiger partial charge in [-0.3, -0.25) is 4.79 Å². The number of furan rings is 1. The minimum absolute atomic E-state index is 0.000391. The molecule has 4 nitrogen and oxygen atoms in total. The van der Waals surface area contributed by atoms with Gasteiger partial charge in [-0.1, -0.05) is 18.2 Å². The van der Waals surface area contributed by atoms with Crippen LogP contribution in [0.2, 0.25) is 0 Å². The first-order valence-corrected chi connectivity index (χ1v) is 6.12. The van der Waals surface area contributed by atoms with E-state index in [-0.39, 0.29) is 12.3 Å². The largest absolute Gasteiger partial charge is 0.455 e. The monoisotopic (exact) mass is 297 g/mol. The van der Waals surface area contributed by atoms with Crippen molar-refractivity contribution in [1.82, 2.24) is 0 Å². The minimum atomic E-state index is -4.56. The van der Waals surface area contributed by atoms with E-state index in [2.05, 4.69) is 0 Å². The number of aliphatic hydroxyl groups excluding tert-OH is 1. The van der Waals surface area contributed by atoms with Gasteiger partial charge in [0.1, 0.15) is 5.76 Å². The summed E-state index contributed by atoms with van der Waals surface area (Å²) in [6, 6.07) is 8.56. The molecule has 1 aromatic heterocycles. The summed E-state index contributed by atoms with van der Waals surface area (Å²) in [5, 5.41) is 9.83. The molecule has 1 aliphatic rings. The van der Waals surface area contributed by atoms with Gasteiger partial charge in [-0.2, -0.15) is 13.2 Å². The van der Waals surface area contributed by atoms with Crippen molar-refractivity contribution < 1.29 is 27.5 Å². The maximum Gasteiger partial charge on any atom is 0.449 e. The lowest BCUT2D eigenvalue weighted by Crippen LogP contribution is -2.27. The number of amides is 1. The number of anilines is 1. The molecule has 21 heavy (non-hydrogen) atoms. The molecule has 7 heteroatoms. The number of carbonyl (C=O) groups excluding carboxylic acids is 1. The van der Waals surface area contributed by atoms with Crippen molar-refractivity contribution in [3.63, 3.8) is 0 Å². The first-order chi connectivity index (χ1) is 9.88. The number of fused-ring (bicyclic) bond motifs is 1. The van der Waals surface area contributed by atoms with Crippen molar-refractivity contribution >= 4 is 11.6 Å². The van der Waals surface area contributed by atoms with Crippen molar-refractivity contribution in [2.75, 3.05) is 4.90 Å². The molecule has 0 radical (unpaired) electrons. The second-order valence-corrected chi connectivity index (χ2v) is 4.65. The van der Waals surface area contributed by atoms with Gasteiger partial charge in [0, 0.05) is 5.56 Å². The lowest BCUT2D eigenvalue weighted by Gasteiger charge is -2.15. The summed E-state index contributed by atoms with van der Waals surface area (Å²) in [5.41, 5.74) is 0.907. The van der Waals surface area contributed by atoms with E-state index in [1.807, 2.05) is 0 Å². The zero-order valence-corrected chi connectivity index (χ0v) is 10.6. The highest BCUT2D eigenvalue weighted by molar-refractivity contribution is 6.03. The highest BCUT2D eigenvalue weighted by Crippen LogP contribution is 2.37. The van der Waals surface area contributed by atoms with Crippen LogP contribution in [-0.2, 0) is 17.5 Å². The Bertz CT molecular complexity index is 693. The van der Waals surface area contributed by atoms with Gasteiger partial charge in [0.15, 0.2) is 6.10 Å². The Morgan fingerprint density at radius 1 is 1.19 bits per heavy atom. The number of aliphatic hydroxyl groups is 1. The summed E-state index contributed by atoms with van der Waals surface area (Å²) < 4.78 is 42.1. The van der Waals surface area contributed by atoms with Gasteiger partial charge >= 0.3 is 6.18 Å². The zero-order valence-electron chi connectivity index (χ0n) is 10.6. The summed E-state index contributed by atoms with van der Waals surface area (Å²) >= 11 is 0. The van der Waals surface area contributed by atoms with Crippen LogP contribution in [0.1, 0.15) is 23.2 Å². The van der Waals surface area contributed by atoms with E-state index in [1.54, 1.807) is 24.3 Å². The van der Waals surface area contributed by atoms with Gasteiger partial charge in [0.25, 0.3) is 5.91 Å². The summed E-state index contributed by atoms with van der Waals surface area (Å²) in [6.07, 6.45) is -5.86. The molecule has 0 bridgehead atoms. The van der Waals surface area contributed by atoms with Gasteiger partial charge in [-0.05, 0) is 18.2 Å². The number of rotatable bonds is 2. The van der Waals surface area contributed by atoms with E-state index < -0.39 is 23.9 Å². The molecule has 1 aliphatic heterocycles. The Labute approximate surface area is 117 Å². The highest BCUT2D eigenvalue weighted by Gasteiger charge is 2.38. The van der Waals surface area contributed by atoms with Crippen LogP contribution in [0, 0.1) is 0 Å². The molecule has 1 atom stereocenters. The fraction of sp³-hybridized carbons (Fsp3) is 0.214. The summed E-state index contributed by atoms with van der Waals surface area (Å²) in [5.74, 6) is -1.70. The van der Waals surface area contributed by atoms with Crippen molar-refractivity contribution in [1.29, 1.82) is 0 Å². The smallest absolute Gasteiger partial charge is 0.449 e. The second kappa shape index (κ2) is 4.63. The topological polar surface area (TPSA) is 53.7 Å². The molecule has 1 aromatic carbocycles. The van der Waals surface area contributed by atoms with Gasteiger partial charge in [-0.15, -0.1) is 0 Å². The Hall–Kier alpha value is -2.28. The molecule has 0 saturated heterocycles. The predicted molar refractivity (Wildman–Crippen MR) is 66.3 cm³/mol. The molecular weight excluding hydrogens is 287 g/mol. The van der Waals surface area contributed by atoms with E-state index in [1.165, 1.54) is 11.0 Å². The number of halogens is 3. The van der Waals surface area contributed by atoms with Crippen LogP contribution >= 0.6 is 0 Å². The van der Waals surface area contributed by atoms with Crippen LogP contribution in [0.5, 0.6) is 0 Å². The summed E-state index contributed by atoms with van der Waals surface area (Å²) in [4.78, 5) is 13.2. The molecule has 110 valence electrons. The summed E-state index contributed by atoms with van der Waals surface area (Å²) in [6.45, 7) is -0.164. The van der Waals surface area contributed by atoms with E-state index in [0.717, 1.165) is 6.07 Å². The van der Waals surface area contributed by atoms with Crippen molar-refractivity contribution in [3.05, 3.63) is 53.5 Å². The Kier molecular flexibility index (Phi) is 3.02. The standard InChI is InChI=1S/C14H10F3NO3/c15-14(16,17)11-6-5-8(21-11)7-18-10-4-2-1-3-9(10)12(19)13(18)20/h1-6,12,19H,7H2. The fourth-order valence-electron chi connectivity index (χ4n) is 2.30. The van der Waals surface area contributed by atoms with Crippen LogP contribution in [-0.4, -0.2) is 11.0 Å². The number of carbonyl (C=O) groups is 1. The first-order valence-electron chi connectivity index (χ1n) is 6.12. The third-order valence-electron chi connectivity index (χ3n) is 3.28. The lowest BCUT2D eigenvalue weighted by atomic mass is 10.1. The van der Waals surface area contributed by atoms with Crippen LogP contribution in [0.25, 0.3) is 0 Å². The first kappa shape index (κ1) is 13.7. The highest BCUT2D eigenvalue weighted by atomic mass is 19.4. The van der Waals surface area contributed by atoms with Crippen LogP contribution in [0.15, 0.2) is 40.8 Å². The third-order valence-corrected chi connectivity index (χ3v) is 3.28. The van der Waals surface area contributed by atoms with Crippen molar-refractivity contribution in [2.45, 2.75) is 18.8 Å². The maximum atomic E-state index is 12.5. The number of para-hydroxylation sites is 1. The zero-order chi connectivity index (χ0) is 15.2. The molecule has 1 amide bonds. The van der Waals surface area contributed by atoms with Crippen molar-refractivity contribution in [2.24, 2.45) is 0 Å². The van der Waals surface area contributed by atoms with Gasteiger partial charge in [0.2, 0.25) is 5.76 Å². The average molecular weight is 297 g/mol.